The molecule has 0 saturated carbocycles. The van der Waals surface area contributed by atoms with Crippen LogP contribution in [0.1, 0.15) is 62.0 Å². The normalized spacial score (nSPS) is 16.0. The molecular weight excluding hydrogens is 604 g/mol. The van der Waals surface area contributed by atoms with E-state index in [1.165, 1.54) is 16.5 Å². The average Bonchev–Trinajstić information content (AvgIpc) is 3.62. The van der Waals surface area contributed by atoms with Crippen LogP contribution in [0.5, 0.6) is 5.75 Å². The lowest BCUT2D eigenvalue weighted by Gasteiger charge is -2.38. The molecule has 10 nitrogen and oxygen atoms in total. The molecule has 0 radical (unpaired) electrons. The Kier molecular flexibility index (Phi) is 10.5. The second kappa shape index (κ2) is 14.5. The first-order valence-corrected chi connectivity index (χ1v) is 16.4. The predicted octanol–water partition coefficient (Wildman–Crippen LogP) is 5.96. The van der Waals surface area contributed by atoms with E-state index >= 15 is 8.78 Å². The van der Waals surface area contributed by atoms with Gasteiger partial charge in [0.25, 0.3) is 17.4 Å². The number of nitrogens with zero attached hydrogens (tertiary/aromatic N) is 7. The van der Waals surface area contributed by atoms with E-state index in [4.69, 9.17) is 4.74 Å². The minimum absolute atomic E-state index is 0.0328. The molecule has 1 amide bonds. The van der Waals surface area contributed by atoms with Crippen LogP contribution in [0.25, 0.3) is 16.9 Å². The third-order valence-corrected chi connectivity index (χ3v) is 9.14. The molecule has 1 aliphatic heterocycles. The molecule has 47 heavy (non-hydrogen) atoms. The monoisotopic (exact) mass is 649 g/mol. The number of rotatable bonds is 13. The Bertz CT molecular complexity index is 1720. The number of likely N-dealkylation sites (tertiary alicyclic amines) is 1. The zero-order chi connectivity index (χ0) is 33.7. The minimum atomic E-state index is -3.18. The highest BCUT2D eigenvalue weighted by Gasteiger charge is 2.47. The van der Waals surface area contributed by atoms with Crippen molar-refractivity contribution < 1.29 is 18.3 Å². The van der Waals surface area contributed by atoms with Crippen molar-refractivity contribution >= 4 is 11.6 Å². The molecule has 2 aromatic carbocycles. The van der Waals surface area contributed by atoms with E-state index in [9.17, 15) is 9.59 Å². The third kappa shape index (κ3) is 7.26. The van der Waals surface area contributed by atoms with E-state index in [0.717, 1.165) is 54.9 Å². The van der Waals surface area contributed by atoms with E-state index in [2.05, 4.69) is 41.2 Å². The molecule has 1 unspecified atom stereocenters. The Morgan fingerprint density at radius 3 is 2.43 bits per heavy atom. The summed E-state index contributed by atoms with van der Waals surface area (Å²) in [6, 6.07) is 15.1. The van der Waals surface area contributed by atoms with Gasteiger partial charge in [0.15, 0.2) is 0 Å². The maximum Gasteiger partial charge on any atom is 0.284 e. The number of amides is 1. The van der Waals surface area contributed by atoms with Crippen molar-refractivity contribution in [1.29, 1.82) is 0 Å². The van der Waals surface area contributed by atoms with Crippen molar-refractivity contribution in [2.45, 2.75) is 65.3 Å². The molecule has 1 aliphatic rings. The molecule has 4 aromatic rings. The van der Waals surface area contributed by atoms with Gasteiger partial charge >= 0.3 is 0 Å². The van der Waals surface area contributed by atoms with Crippen LogP contribution in [0.4, 0.5) is 14.5 Å². The second-order valence-corrected chi connectivity index (χ2v) is 12.3. The lowest BCUT2D eigenvalue weighted by Crippen LogP contribution is -2.52. The number of methoxy groups -OCH3 is 1. The highest BCUT2D eigenvalue weighted by molar-refractivity contribution is 5.95. The Hall–Kier alpha value is -4.48. The number of anilines is 1. The van der Waals surface area contributed by atoms with Gasteiger partial charge in [-0.05, 0) is 50.5 Å². The van der Waals surface area contributed by atoms with Crippen molar-refractivity contribution in [2.75, 3.05) is 38.2 Å². The number of carbonyl (C=O) groups excluding carboxylic acids is 1. The number of hydrogen-bond acceptors (Lipinski definition) is 6. The number of piperidine rings is 1. The Labute approximate surface area is 274 Å². The summed E-state index contributed by atoms with van der Waals surface area (Å²) in [7, 11) is 3.18. The van der Waals surface area contributed by atoms with E-state index < -0.39 is 29.9 Å². The summed E-state index contributed by atoms with van der Waals surface area (Å²) in [5, 5.41) is 8.42. The molecule has 1 saturated heterocycles. The first kappa shape index (κ1) is 33.9. The van der Waals surface area contributed by atoms with Crippen molar-refractivity contribution in [2.24, 2.45) is 13.0 Å². The van der Waals surface area contributed by atoms with Gasteiger partial charge in [-0.2, -0.15) is 0 Å². The van der Waals surface area contributed by atoms with E-state index in [1.807, 2.05) is 12.1 Å². The van der Waals surface area contributed by atoms with Crippen LogP contribution in [0.15, 0.2) is 59.5 Å². The summed E-state index contributed by atoms with van der Waals surface area (Å²) >= 11 is 0. The molecule has 1 atom stereocenters. The molecule has 5 rings (SSSR count). The van der Waals surface area contributed by atoms with Crippen LogP contribution in [0, 0.1) is 12.8 Å². The van der Waals surface area contributed by atoms with Gasteiger partial charge in [0.1, 0.15) is 17.0 Å². The molecule has 0 spiro atoms. The van der Waals surface area contributed by atoms with Crippen LogP contribution in [-0.4, -0.2) is 74.4 Å². The first-order valence-electron chi connectivity index (χ1n) is 16.4. The Balaban J connectivity index is 1.26. The highest BCUT2D eigenvalue weighted by Crippen LogP contribution is 2.35. The minimum Gasteiger partial charge on any atom is -0.497 e. The van der Waals surface area contributed by atoms with Crippen LogP contribution >= 0.6 is 0 Å². The number of unbranched alkanes of at least 4 members (excludes halogenated alkanes) is 2. The fraction of sp³-hybridized carbons (Fsp3) is 0.486. The third-order valence-electron chi connectivity index (χ3n) is 9.14. The fourth-order valence-electron chi connectivity index (χ4n) is 6.19. The lowest BCUT2D eigenvalue weighted by atomic mass is 9.92. The standard InChI is InChI=1S/C35H45F2N7O3/c1-6-8-18-41(19-9-7-2)28-15-13-26(14-16-28)31-23-43(39-38-31)22-27-17-20-42(24-35(27,36)37)33(45)32-25(3)40(4)44(34(32)46)29-11-10-12-30(21-29)47-5/h10-16,21,23,27H,6-9,17-20,22,24H2,1-5H3. The fourth-order valence-corrected chi connectivity index (χ4v) is 6.19. The molecule has 0 bridgehead atoms. The SMILES string of the molecule is CCCCN(CCCC)c1ccc(-c2cn(CC3CCN(C(=O)c4c(C)n(C)n(-c5cccc(OC)c5)c4=O)CC3(F)F)nn2)cc1. The quantitative estimate of drug-likeness (QED) is 0.178. The van der Waals surface area contributed by atoms with Crippen LogP contribution < -0.4 is 15.2 Å². The smallest absolute Gasteiger partial charge is 0.284 e. The summed E-state index contributed by atoms with van der Waals surface area (Å²) in [5.41, 5.74) is 2.87. The van der Waals surface area contributed by atoms with E-state index in [1.54, 1.807) is 49.1 Å². The summed E-state index contributed by atoms with van der Waals surface area (Å²) in [6.07, 6.45) is 6.29. The molecule has 0 N–H and O–H groups in total. The van der Waals surface area contributed by atoms with Crippen LogP contribution in [0.2, 0.25) is 0 Å². The zero-order valence-corrected chi connectivity index (χ0v) is 28.0. The van der Waals surface area contributed by atoms with Gasteiger partial charge in [-0.1, -0.05) is 50.1 Å². The number of ether oxygens (including phenoxy) is 1. The van der Waals surface area contributed by atoms with Crippen molar-refractivity contribution in [3.8, 4) is 22.7 Å². The van der Waals surface area contributed by atoms with Crippen LogP contribution in [0.3, 0.4) is 0 Å². The predicted molar refractivity (Wildman–Crippen MR) is 179 cm³/mol. The second-order valence-electron chi connectivity index (χ2n) is 12.3. The van der Waals surface area contributed by atoms with E-state index in [-0.39, 0.29) is 25.1 Å². The van der Waals surface area contributed by atoms with Crippen molar-refractivity contribution in [3.63, 3.8) is 0 Å². The summed E-state index contributed by atoms with van der Waals surface area (Å²) in [6.45, 7) is 7.33. The molecule has 2 aromatic heterocycles. The molecule has 3 heterocycles. The van der Waals surface area contributed by atoms with Crippen molar-refractivity contribution in [1.82, 2.24) is 29.3 Å². The topological polar surface area (TPSA) is 90.4 Å². The Morgan fingerprint density at radius 2 is 1.79 bits per heavy atom. The summed E-state index contributed by atoms with van der Waals surface area (Å²) < 4.78 is 40.8. The van der Waals surface area contributed by atoms with Crippen LogP contribution in [-0.2, 0) is 13.6 Å². The van der Waals surface area contributed by atoms with Gasteiger partial charge in [0.2, 0.25) is 0 Å². The largest absolute Gasteiger partial charge is 0.497 e. The number of alkyl halides is 2. The number of hydrogen-bond donors (Lipinski definition) is 0. The zero-order valence-electron chi connectivity index (χ0n) is 28.0. The molecular formula is C35H45F2N7O3. The first-order chi connectivity index (χ1) is 22.6. The molecule has 252 valence electrons. The van der Waals surface area contributed by atoms with Crippen molar-refractivity contribution in [3.05, 3.63) is 76.3 Å². The molecule has 0 aliphatic carbocycles. The number of carbonyl (C=O) groups is 1. The molecule has 1 fully saturated rings. The number of aromatic nitrogens is 5. The van der Waals surface area contributed by atoms with Gasteiger partial charge in [-0.25, -0.2) is 13.5 Å². The van der Waals surface area contributed by atoms with Gasteiger partial charge in [-0.15, -0.1) is 5.10 Å². The molecule has 12 heteroatoms. The van der Waals surface area contributed by atoms with Gasteiger partial charge in [0, 0.05) is 49.9 Å². The average molecular weight is 650 g/mol. The van der Waals surface area contributed by atoms with E-state index in [0.29, 0.717) is 22.8 Å². The summed E-state index contributed by atoms with van der Waals surface area (Å²) in [5.74, 6) is -4.37. The maximum atomic E-state index is 15.6. The highest BCUT2D eigenvalue weighted by atomic mass is 19.3. The lowest BCUT2D eigenvalue weighted by molar-refractivity contribution is -0.108. The van der Waals surface area contributed by atoms with Gasteiger partial charge < -0.3 is 14.5 Å². The number of halogens is 2. The maximum absolute atomic E-state index is 15.6. The Morgan fingerprint density at radius 1 is 1.09 bits per heavy atom. The number of benzene rings is 2. The van der Waals surface area contributed by atoms with Gasteiger partial charge in [-0.3, -0.25) is 19.0 Å². The summed E-state index contributed by atoms with van der Waals surface area (Å²) in [4.78, 5) is 30.5. The van der Waals surface area contributed by atoms with Gasteiger partial charge in [0.05, 0.1) is 37.8 Å².